The molecule has 0 aromatic heterocycles. The number of anilines is 1. The molecule has 1 fully saturated rings. The van der Waals surface area contributed by atoms with Gasteiger partial charge in [-0.1, -0.05) is 11.6 Å². The summed E-state index contributed by atoms with van der Waals surface area (Å²) in [6.45, 7) is 1.83. The molecule has 0 spiro atoms. The SMILES string of the molecule is CN1C(=O)CN(c2ccc(Cl)cc2)CC1CCN. The highest BCUT2D eigenvalue weighted by Crippen LogP contribution is 2.22. The summed E-state index contributed by atoms with van der Waals surface area (Å²) in [5, 5.41) is 0.706. The maximum Gasteiger partial charge on any atom is 0.242 e. The van der Waals surface area contributed by atoms with Crippen LogP contribution in [0.25, 0.3) is 0 Å². The third kappa shape index (κ3) is 2.76. The van der Waals surface area contributed by atoms with Crippen LogP contribution in [0.3, 0.4) is 0 Å². The van der Waals surface area contributed by atoms with Gasteiger partial charge in [-0.25, -0.2) is 0 Å². The van der Waals surface area contributed by atoms with Gasteiger partial charge in [0.2, 0.25) is 5.91 Å². The van der Waals surface area contributed by atoms with Gasteiger partial charge in [-0.15, -0.1) is 0 Å². The number of nitrogens with two attached hydrogens (primary N) is 1. The highest BCUT2D eigenvalue weighted by atomic mass is 35.5. The summed E-state index contributed by atoms with van der Waals surface area (Å²) < 4.78 is 0. The van der Waals surface area contributed by atoms with Gasteiger partial charge in [0, 0.05) is 24.3 Å². The maximum absolute atomic E-state index is 11.9. The highest BCUT2D eigenvalue weighted by Gasteiger charge is 2.29. The molecule has 0 saturated carbocycles. The first-order valence-corrected chi connectivity index (χ1v) is 6.46. The van der Waals surface area contributed by atoms with Gasteiger partial charge in [-0.2, -0.15) is 0 Å². The molecule has 98 valence electrons. The lowest BCUT2D eigenvalue weighted by Crippen LogP contribution is -2.55. The van der Waals surface area contributed by atoms with E-state index in [9.17, 15) is 4.79 Å². The molecule has 1 heterocycles. The summed E-state index contributed by atoms with van der Waals surface area (Å²) in [5.41, 5.74) is 6.63. The highest BCUT2D eigenvalue weighted by molar-refractivity contribution is 6.30. The third-order valence-corrected chi connectivity index (χ3v) is 3.64. The van der Waals surface area contributed by atoms with Crippen molar-refractivity contribution in [3.05, 3.63) is 29.3 Å². The molecule has 1 aromatic carbocycles. The monoisotopic (exact) mass is 267 g/mol. The third-order valence-electron chi connectivity index (χ3n) is 3.39. The number of benzene rings is 1. The molecule has 1 aliphatic rings. The maximum atomic E-state index is 11.9. The van der Waals surface area contributed by atoms with Crippen molar-refractivity contribution in [2.45, 2.75) is 12.5 Å². The lowest BCUT2D eigenvalue weighted by atomic mass is 10.1. The molecule has 2 N–H and O–H groups in total. The number of nitrogens with zero attached hydrogens (tertiary/aromatic N) is 2. The van der Waals surface area contributed by atoms with Crippen molar-refractivity contribution < 1.29 is 4.79 Å². The van der Waals surface area contributed by atoms with Gasteiger partial charge >= 0.3 is 0 Å². The predicted molar refractivity (Wildman–Crippen MR) is 73.9 cm³/mol. The normalized spacial score (nSPS) is 20.4. The first-order valence-electron chi connectivity index (χ1n) is 6.08. The molecule has 18 heavy (non-hydrogen) atoms. The second kappa shape index (κ2) is 5.59. The Labute approximate surface area is 112 Å². The van der Waals surface area contributed by atoms with E-state index < -0.39 is 0 Å². The summed E-state index contributed by atoms with van der Waals surface area (Å²) in [5.74, 6) is 0.134. The Balaban J connectivity index is 2.14. The van der Waals surface area contributed by atoms with Crippen molar-refractivity contribution >= 4 is 23.2 Å². The van der Waals surface area contributed by atoms with Crippen LogP contribution in [0.2, 0.25) is 5.02 Å². The minimum atomic E-state index is 0.134. The Kier molecular flexibility index (Phi) is 4.09. The summed E-state index contributed by atoms with van der Waals surface area (Å²) in [7, 11) is 1.85. The van der Waals surface area contributed by atoms with Crippen molar-refractivity contribution in [1.29, 1.82) is 0 Å². The number of rotatable bonds is 3. The van der Waals surface area contributed by atoms with Gasteiger partial charge < -0.3 is 15.5 Å². The second-order valence-corrected chi connectivity index (χ2v) is 5.03. The van der Waals surface area contributed by atoms with Crippen LogP contribution in [-0.2, 0) is 4.79 Å². The molecular formula is C13H18ClN3O. The standard InChI is InChI=1S/C13H18ClN3O/c1-16-12(6-7-15)8-17(9-13(16)18)11-4-2-10(14)3-5-11/h2-5,12H,6-9,15H2,1H3. The summed E-state index contributed by atoms with van der Waals surface area (Å²) >= 11 is 5.87. The minimum Gasteiger partial charge on any atom is -0.360 e. The average molecular weight is 268 g/mol. The molecule has 1 amide bonds. The quantitative estimate of drug-likeness (QED) is 0.899. The van der Waals surface area contributed by atoms with Crippen LogP contribution in [0.1, 0.15) is 6.42 Å². The number of halogens is 1. The van der Waals surface area contributed by atoms with E-state index in [-0.39, 0.29) is 11.9 Å². The molecule has 5 heteroatoms. The van der Waals surface area contributed by atoms with Crippen LogP contribution in [0.4, 0.5) is 5.69 Å². The van der Waals surface area contributed by atoms with Gasteiger partial charge in [0.05, 0.1) is 12.6 Å². The molecule has 1 aromatic rings. The van der Waals surface area contributed by atoms with Crippen LogP contribution in [0.15, 0.2) is 24.3 Å². The van der Waals surface area contributed by atoms with Gasteiger partial charge in [0.25, 0.3) is 0 Å². The fourth-order valence-corrected chi connectivity index (χ4v) is 2.37. The van der Waals surface area contributed by atoms with Crippen molar-refractivity contribution in [3.8, 4) is 0 Å². The molecule has 1 unspecified atom stereocenters. The fourth-order valence-electron chi connectivity index (χ4n) is 2.25. The summed E-state index contributed by atoms with van der Waals surface area (Å²) in [6.07, 6.45) is 0.826. The molecule has 1 atom stereocenters. The molecule has 1 aliphatic heterocycles. The number of carbonyl (C=O) groups excluding carboxylic acids is 1. The van der Waals surface area contributed by atoms with Crippen LogP contribution >= 0.6 is 11.6 Å². The Morgan fingerprint density at radius 3 is 2.67 bits per heavy atom. The number of hydrogen-bond acceptors (Lipinski definition) is 3. The number of hydrogen-bond donors (Lipinski definition) is 1. The van der Waals surface area contributed by atoms with Crippen molar-refractivity contribution in [1.82, 2.24) is 4.90 Å². The van der Waals surface area contributed by atoms with Crippen LogP contribution in [0.5, 0.6) is 0 Å². The molecule has 0 bridgehead atoms. The van der Waals surface area contributed by atoms with E-state index in [1.165, 1.54) is 0 Å². The van der Waals surface area contributed by atoms with Gasteiger partial charge in [0.1, 0.15) is 0 Å². The molecule has 0 aliphatic carbocycles. The summed E-state index contributed by atoms with van der Waals surface area (Å²) in [6, 6.07) is 7.77. The van der Waals surface area contributed by atoms with Crippen LogP contribution in [-0.4, -0.2) is 43.5 Å². The Morgan fingerprint density at radius 1 is 1.39 bits per heavy atom. The molecule has 2 rings (SSSR count). The van der Waals surface area contributed by atoms with E-state index in [0.29, 0.717) is 18.1 Å². The van der Waals surface area contributed by atoms with E-state index in [1.54, 1.807) is 4.90 Å². The van der Waals surface area contributed by atoms with E-state index >= 15 is 0 Å². The number of carbonyl (C=O) groups is 1. The van der Waals surface area contributed by atoms with Gasteiger partial charge in [-0.05, 0) is 37.2 Å². The zero-order valence-corrected chi connectivity index (χ0v) is 11.2. The Morgan fingerprint density at radius 2 is 2.06 bits per heavy atom. The predicted octanol–water partition coefficient (Wildman–Crippen LogP) is 1.34. The first kappa shape index (κ1) is 13.2. The van der Waals surface area contributed by atoms with Crippen molar-refractivity contribution in [2.75, 3.05) is 31.6 Å². The Hall–Kier alpha value is -1.26. The lowest BCUT2D eigenvalue weighted by Gasteiger charge is -2.40. The van der Waals surface area contributed by atoms with Gasteiger partial charge in [0.15, 0.2) is 0 Å². The molecular weight excluding hydrogens is 250 g/mol. The number of likely N-dealkylation sites (N-methyl/N-ethyl adjacent to an activating group) is 1. The van der Waals surface area contributed by atoms with E-state index in [1.807, 2.05) is 31.3 Å². The lowest BCUT2D eigenvalue weighted by molar-refractivity contribution is -0.132. The van der Waals surface area contributed by atoms with Crippen LogP contribution < -0.4 is 10.6 Å². The topological polar surface area (TPSA) is 49.6 Å². The first-order chi connectivity index (χ1) is 8.61. The van der Waals surface area contributed by atoms with E-state index in [2.05, 4.69) is 4.90 Å². The Bertz CT molecular complexity index is 421. The summed E-state index contributed by atoms with van der Waals surface area (Å²) in [4.78, 5) is 15.8. The van der Waals surface area contributed by atoms with Crippen molar-refractivity contribution in [2.24, 2.45) is 5.73 Å². The van der Waals surface area contributed by atoms with E-state index in [0.717, 1.165) is 18.7 Å². The van der Waals surface area contributed by atoms with Crippen molar-refractivity contribution in [3.63, 3.8) is 0 Å². The van der Waals surface area contributed by atoms with Gasteiger partial charge in [-0.3, -0.25) is 4.79 Å². The smallest absolute Gasteiger partial charge is 0.242 e. The second-order valence-electron chi connectivity index (χ2n) is 4.59. The molecule has 4 nitrogen and oxygen atoms in total. The molecule has 1 saturated heterocycles. The zero-order chi connectivity index (χ0) is 13.1. The number of amides is 1. The van der Waals surface area contributed by atoms with Crippen LogP contribution in [0, 0.1) is 0 Å². The molecule has 0 radical (unpaired) electrons. The van der Waals surface area contributed by atoms with E-state index in [4.69, 9.17) is 17.3 Å². The minimum absolute atomic E-state index is 0.134. The zero-order valence-electron chi connectivity index (χ0n) is 10.5. The largest absolute Gasteiger partial charge is 0.360 e. The fraction of sp³-hybridized carbons (Fsp3) is 0.462. The average Bonchev–Trinajstić information content (AvgIpc) is 2.36. The number of piperazine rings is 1.